The van der Waals surface area contributed by atoms with Crippen LogP contribution in [0.25, 0.3) is 0 Å². The summed E-state index contributed by atoms with van der Waals surface area (Å²) in [5.74, 6) is -0.657. The minimum atomic E-state index is -1.59. The molecule has 0 bridgehead atoms. The standard InChI is InChI=1S/C13H7BrFNOS/c14-10-4-1-2-6-13(10)18(17)12-7-3-5-11(15)9(12)8-16/h1-7H. The molecule has 0 amide bonds. The molecular formula is C13H7BrFNOS. The lowest BCUT2D eigenvalue weighted by atomic mass is 10.2. The third-order valence-corrected chi connectivity index (χ3v) is 4.77. The molecule has 5 heteroatoms. The van der Waals surface area contributed by atoms with Crippen molar-refractivity contribution in [2.24, 2.45) is 0 Å². The van der Waals surface area contributed by atoms with Crippen molar-refractivity contribution in [3.63, 3.8) is 0 Å². The summed E-state index contributed by atoms with van der Waals surface area (Å²) >= 11 is 3.29. The summed E-state index contributed by atoms with van der Waals surface area (Å²) in [5.41, 5.74) is -0.174. The third kappa shape index (κ3) is 2.35. The van der Waals surface area contributed by atoms with Gasteiger partial charge >= 0.3 is 0 Å². The predicted molar refractivity (Wildman–Crippen MR) is 69.9 cm³/mol. The molecule has 2 nitrogen and oxygen atoms in total. The normalized spacial score (nSPS) is 11.8. The van der Waals surface area contributed by atoms with E-state index in [0.29, 0.717) is 9.37 Å². The van der Waals surface area contributed by atoms with Gasteiger partial charge in [0.2, 0.25) is 0 Å². The van der Waals surface area contributed by atoms with Gasteiger partial charge in [-0.3, -0.25) is 0 Å². The number of rotatable bonds is 2. The Bertz CT molecular complexity index is 666. The topological polar surface area (TPSA) is 40.9 Å². The number of hydrogen-bond acceptors (Lipinski definition) is 2. The van der Waals surface area contributed by atoms with Crippen molar-refractivity contribution in [2.45, 2.75) is 9.79 Å². The number of halogens is 2. The van der Waals surface area contributed by atoms with Crippen LogP contribution in [-0.4, -0.2) is 4.21 Å². The lowest BCUT2D eigenvalue weighted by molar-refractivity contribution is 0.618. The Balaban J connectivity index is 2.58. The van der Waals surface area contributed by atoms with E-state index in [9.17, 15) is 8.60 Å². The molecule has 0 aliphatic heterocycles. The van der Waals surface area contributed by atoms with E-state index in [1.807, 2.05) is 0 Å². The van der Waals surface area contributed by atoms with E-state index in [4.69, 9.17) is 5.26 Å². The minimum absolute atomic E-state index is 0.174. The zero-order chi connectivity index (χ0) is 13.1. The van der Waals surface area contributed by atoms with E-state index in [1.54, 1.807) is 30.3 Å². The summed E-state index contributed by atoms with van der Waals surface area (Å²) in [6.45, 7) is 0. The van der Waals surface area contributed by atoms with Gasteiger partial charge in [-0.15, -0.1) is 0 Å². The van der Waals surface area contributed by atoms with Crippen molar-refractivity contribution < 1.29 is 8.60 Å². The Morgan fingerprint density at radius 2 is 1.78 bits per heavy atom. The maximum absolute atomic E-state index is 13.5. The van der Waals surface area contributed by atoms with Gasteiger partial charge in [-0.05, 0) is 40.2 Å². The summed E-state index contributed by atoms with van der Waals surface area (Å²) in [6, 6.07) is 12.8. The Morgan fingerprint density at radius 3 is 2.44 bits per heavy atom. The molecular weight excluding hydrogens is 317 g/mol. The van der Waals surface area contributed by atoms with Crippen LogP contribution in [-0.2, 0) is 10.8 Å². The average molecular weight is 324 g/mol. The molecule has 2 aromatic rings. The van der Waals surface area contributed by atoms with Crippen LogP contribution in [0.4, 0.5) is 4.39 Å². The van der Waals surface area contributed by atoms with Crippen molar-refractivity contribution >= 4 is 26.7 Å². The lowest BCUT2D eigenvalue weighted by Crippen LogP contribution is -1.99. The average Bonchev–Trinajstić information content (AvgIpc) is 2.38. The maximum Gasteiger partial charge on any atom is 0.142 e. The highest BCUT2D eigenvalue weighted by molar-refractivity contribution is 9.10. The van der Waals surface area contributed by atoms with Crippen LogP contribution in [0.15, 0.2) is 56.7 Å². The van der Waals surface area contributed by atoms with Crippen LogP contribution in [0.5, 0.6) is 0 Å². The van der Waals surface area contributed by atoms with Crippen molar-refractivity contribution in [1.29, 1.82) is 5.26 Å². The quantitative estimate of drug-likeness (QED) is 0.846. The Labute approximate surface area is 115 Å². The summed E-state index contributed by atoms with van der Waals surface area (Å²) < 4.78 is 26.5. The highest BCUT2D eigenvalue weighted by atomic mass is 79.9. The molecule has 0 N–H and O–H groups in total. The van der Waals surface area contributed by atoms with Gasteiger partial charge in [-0.1, -0.05) is 18.2 Å². The molecule has 0 radical (unpaired) electrons. The SMILES string of the molecule is N#Cc1c(F)cccc1S(=O)c1ccccc1Br. The second kappa shape index (κ2) is 5.42. The smallest absolute Gasteiger partial charge is 0.142 e. The first kappa shape index (κ1) is 12.9. The molecule has 0 saturated heterocycles. The number of nitrogens with zero attached hydrogens (tertiary/aromatic N) is 1. The van der Waals surface area contributed by atoms with Crippen LogP contribution < -0.4 is 0 Å². The summed E-state index contributed by atoms with van der Waals surface area (Å²) in [5, 5.41) is 8.93. The van der Waals surface area contributed by atoms with Crippen LogP contribution in [0.1, 0.15) is 5.56 Å². The van der Waals surface area contributed by atoms with Crippen molar-refractivity contribution in [3.05, 3.63) is 58.3 Å². The van der Waals surface area contributed by atoms with E-state index < -0.39 is 16.6 Å². The Hall–Kier alpha value is -1.51. The van der Waals surface area contributed by atoms with Gasteiger partial charge in [0.25, 0.3) is 0 Å². The fourth-order valence-electron chi connectivity index (χ4n) is 1.48. The van der Waals surface area contributed by atoms with E-state index in [-0.39, 0.29) is 10.5 Å². The molecule has 0 saturated carbocycles. The van der Waals surface area contributed by atoms with E-state index in [1.165, 1.54) is 18.2 Å². The van der Waals surface area contributed by atoms with Crippen molar-refractivity contribution in [1.82, 2.24) is 0 Å². The molecule has 2 aromatic carbocycles. The molecule has 1 unspecified atom stereocenters. The van der Waals surface area contributed by atoms with E-state index in [0.717, 1.165) is 0 Å². The Morgan fingerprint density at radius 1 is 1.11 bits per heavy atom. The number of nitriles is 1. The minimum Gasteiger partial charge on any atom is -0.249 e. The number of hydrogen-bond donors (Lipinski definition) is 0. The first-order valence-electron chi connectivity index (χ1n) is 5.00. The van der Waals surface area contributed by atoms with Crippen molar-refractivity contribution in [3.8, 4) is 6.07 Å². The van der Waals surface area contributed by atoms with Crippen LogP contribution in [0.2, 0.25) is 0 Å². The second-order valence-corrected chi connectivity index (χ2v) is 5.70. The molecule has 2 rings (SSSR count). The van der Waals surface area contributed by atoms with Gasteiger partial charge in [-0.25, -0.2) is 8.60 Å². The first-order chi connectivity index (χ1) is 8.65. The molecule has 0 fully saturated rings. The summed E-state index contributed by atoms with van der Waals surface area (Å²) in [4.78, 5) is 0.698. The first-order valence-corrected chi connectivity index (χ1v) is 6.94. The zero-order valence-electron chi connectivity index (χ0n) is 9.06. The van der Waals surface area contributed by atoms with Gasteiger partial charge in [-0.2, -0.15) is 5.26 Å². The van der Waals surface area contributed by atoms with E-state index >= 15 is 0 Å². The monoisotopic (exact) mass is 323 g/mol. The summed E-state index contributed by atoms with van der Waals surface area (Å²) in [6.07, 6.45) is 0. The molecule has 90 valence electrons. The molecule has 0 aromatic heterocycles. The second-order valence-electron chi connectivity index (χ2n) is 3.42. The predicted octanol–water partition coefficient (Wildman–Crippen LogP) is 3.63. The van der Waals surface area contributed by atoms with Crippen LogP contribution >= 0.6 is 15.9 Å². The molecule has 1 atom stereocenters. The Kier molecular flexibility index (Phi) is 3.90. The van der Waals surface area contributed by atoms with Crippen LogP contribution in [0.3, 0.4) is 0 Å². The van der Waals surface area contributed by atoms with E-state index in [2.05, 4.69) is 15.9 Å². The van der Waals surface area contributed by atoms with Gasteiger partial charge in [0.1, 0.15) is 17.4 Å². The highest BCUT2D eigenvalue weighted by Crippen LogP contribution is 2.26. The molecule has 0 heterocycles. The largest absolute Gasteiger partial charge is 0.249 e. The maximum atomic E-state index is 13.5. The fourth-order valence-corrected chi connectivity index (χ4v) is 3.42. The van der Waals surface area contributed by atoms with Gasteiger partial charge < -0.3 is 0 Å². The van der Waals surface area contributed by atoms with Crippen molar-refractivity contribution in [2.75, 3.05) is 0 Å². The van der Waals surface area contributed by atoms with Gasteiger partial charge in [0.05, 0.1) is 20.6 Å². The summed E-state index contributed by atoms with van der Waals surface area (Å²) in [7, 11) is -1.59. The molecule has 18 heavy (non-hydrogen) atoms. The molecule has 0 aliphatic carbocycles. The molecule has 0 spiro atoms. The van der Waals surface area contributed by atoms with Gasteiger partial charge in [0, 0.05) is 4.47 Å². The highest BCUT2D eigenvalue weighted by Gasteiger charge is 2.16. The zero-order valence-corrected chi connectivity index (χ0v) is 11.5. The van der Waals surface area contributed by atoms with Gasteiger partial charge in [0.15, 0.2) is 0 Å². The van der Waals surface area contributed by atoms with Crippen LogP contribution in [0, 0.1) is 17.1 Å². The fraction of sp³-hybridized carbons (Fsp3) is 0. The lowest BCUT2D eigenvalue weighted by Gasteiger charge is -2.06. The number of benzene rings is 2. The molecule has 0 aliphatic rings. The third-order valence-electron chi connectivity index (χ3n) is 2.32.